The highest BCUT2D eigenvalue weighted by molar-refractivity contribution is 5.85. The number of aryl methyl sites for hydroxylation is 8. The van der Waals surface area contributed by atoms with Crippen molar-refractivity contribution in [2.45, 2.75) is 166 Å². The van der Waals surface area contributed by atoms with Crippen LogP contribution in [0.1, 0.15) is 143 Å². The summed E-state index contributed by atoms with van der Waals surface area (Å²) in [4.78, 5) is 15.5. The van der Waals surface area contributed by atoms with Crippen LogP contribution >= 0.6 is 0 Å². The molecule has 2 fully saturated rings. The Morgan fingerprint density at radius 1 is 0.333 bits per heavy atom. The topological polar surface area (TPSA) is 302 Å². The van der Waals surface area contributed by atoms with E-state index in [1.807, 2.05) is 36.4 Å². The van der Waals surface area contributed by atoms with Crippen LogP contribution in [-0.2, 0) is 60.8 Å². The molecule has 6 aromatic carbocycles. The Balaban J connectivity index is 1.00. The van der Waals surface area contributed by atoms with Gasteiger partial charge in [0.25, 0.3) is 0 Å². The van der Waals surface area contributed by atoms with E-state index in [1.54, 1.807) is 36.4 Å². The number of aliphatic hydroxyl groups is 10. The van der Waals surface area contributed by atoms with Crippen molar-refractivity contribution in [3.63, 3.8) is 0 Å². The zero-order valence-electron chi connectivity index (χ0n) is 57.9. The van der Waals surface area contributed by atoms with Crippen LogP contribution in [-0.4, -0.2) is 145 Å². The molecule has 10 aromatic rings. The number of H-pyrrole nitrogens is 4. The molecule has 0 spiro atoms. The maximum absolute atomic E-state index is 11.2. The lowest BCUT2D eigenvalue weighted by Gasteiger charge is -2.44. The van der Waals surface area contributed by atoms with E-state index in [-0.39, 0.29) is 11.5 Å². The second-order valence-corrected chi connectivity index (χ2v) is 27.4. The van der Waals surface area contributed by atoms with Crippen LogP contribution in [0.25, 0.3) is 22.3 Å². The van der Waals surface area contributed by atoms with Gasteiger partial charge in [0.05, 0.1) is 13.2 Å². The van der Waals surface area contributed by atoms with Gasteiger partial charge in [-0.05, 0) is 191 Å². The smallest absolute Gasteiger partial charge is 0.229 e. The zero-order chi connectivity index (χ0) is 71.4. The minimum Gasteiger partial charge on any atom is -0.462 e. The Morgan fingerprint density at radius 2 is 0.618 bits per heavy atom. The summed E-state index contributed by atoms with van der Waals surface area (Å²) in [6.07, 6.45) is -3.12. The minimum atomic E-state index is -2.96. The quantitative estimate of drug-likeness (QED) is 0.0281. The molecule has 0 radical (unpaired) electrons. The number of hydrogen-bond acceptors (Lipinski definition) is 14. The Hall–Kier alpha value is -8.96. The van der Waals surface area contributed by atoms with Crippen molar-refractivity contribution in [3.8, 4) is 11.5 Å². The second-order valence-electron chi connectivity index (χ2n) is 27.4. The molecule has 0 saturated carbocycles. The van der Waals surface area contributed by atoms with Gasteiger partial charge in [-0.15, -0.1) is 0 Å². The third-order valence-corrected chi connectivity index (χ3v) is 19.8. The number of aromatic nitrogens is 4. The van der Waals surface area contributed by atoms with Crippen LogP contribution in [0, 0.1) is 0 Å². The molecule has 3 aliphatic heterocycles. The van der Waals surface area contributed by atoms with Crippen molar-refractivity contribution in [2.24, 2.45) is 0 Å². The van der Waals surface area contributed by atoms with E-state index >= 15 is 0 Å². The lowest BCUT2D eigenvalue weighted by Crippen LogP contribution is -2.67. The molecule has 102 heavy (non-hydrogen) atoms. The number of rotatable bonds is 24. The molecule has 8 unspecified atom stereocenters. The van der Waals surface area contributed by atoms with Crippen molar-refractivity contribution >= 4 is 22.3 Å². The second kappa shape index (κ2) is 30.9. The third kappa shape index (κ3) is 15.1. The van der Waals surface area contributed by atoms with E-state index < -0.39 is 74.0 Å². The Bertz CT molecular complexity index is 4510. The number of aromatic amines is 4. The number of benzene rings is 6. The molecule has 4 aromatic heterocycles. The summed E-state index contributed by atoms with van der Waals surface area (Å²) in [5, 5.41) is 110. The first kappa shape index (κ1) is 71.4. The first-order valence-electron chi connectivity index (χ1n) is 35.7. The van der Waals surface area contributed by atoms with Crippen molar-refractivity contribution in [1.82, 2.24) is 19.9 Å². The molecule has 3 aliphatic rings. The molecule has 8 atom stereocenters. The molecule has 14 N–H and O–H groups in total. The van der Waals surface area contributed by atoms with Crippen LogP contribution in [0.5, 0.6) is 11.5 Å². The first-order chi connectivity index (χ1) is 49.4. The maximum Gasteiger partial charge on any atom is 0.229 e. The fourth-order valence-electron chi connectivity index (χ4n) is 14.7. The van der Waals surface area contributed by atoms with Gasteiger partial charge in [-0.3, -0.25) is 0 Å². The predicted molar refractivity (Wildman–Crippen MR) is 389 cm³/mol. The minimum absolute atomic E-state index is 0.211. The Morgan fingerprint density at radius 3 is 0.922 bits per heavy atom. The fourth-order valence-corrected chi connectivity index (χ4v) is 14.7. The lowest BCUT2D eigenvalue weighted by molar-refractivity contribution is -0.375. The third-order valence-electron chi connectivity index (χ3n) is 19.8. The highest BCUT2D eigenvalue weighted by Crippen LogP contribution is 2.36. The van der Waals surface area contributed by atoms with Crippen molar-refractivity contribution < 1.29 is 70.0 Å². The molecule has 2 saturated heterocycles. The average molecular weight is 1380 g/mol. The van der Waals surface area contributed by atoms with E-state index in [9.17, 15) is 51.1 Å². The van der Waals surface area contributed by atoms with Gasteiger partial charge in [0, 0.05) is 66.5 Å². The van der Waals surface area contributed by atoms with E-state index in [0.717, 1.165) is 144 Å². The predicted octanol–water partition coefficient (Wildman–Crippen LogP) is 6.68. The molecule has 0 aliphatic carbocycles. The molecule has 532 valence electrons. The summed E-state index contributed by atoms with van der Waals surface area (Å²) >= 11 is 0. The largest absolute Gasteiger partial charge is 0.462 e. The van der Waals surface area contributed by atoms with Crippen LogP contribution in [0.15, 0.2) is 182 Å². The number of aliphatic hydroxyl groups excluding tert-OH is 6. The van der Waals surface area contributed by atoms with Crippen LogP contribution in [0.3, 0.4) is 0 Å². The van der Waals surface area contributed by atoms with Gasteiger partial charge >= 0.3 is 0 Å². The number of hydrogen-bond donors (Lipinski definition) is 14. The van der Waals surface area contributed by atoms with E-state index in [0.29, 0.717) is 33.2 Å². The van der Waals surface area contributed by atoms with E-state index in [2.05, 4.69) is 157 Å². The Labute approximate surface area is 592 Å². The van der Waals surface area contributed by atoms with Crippen LogP contribution in [0.4, 0.5) is 0 Å². The van der Waals surface area contributed by atoms with Crippen molar-refractivity contribution in [2.75, 3.05) is 13.2 Å². The van der Waals surface area contributed by atoms with Gasteiger partial charge in [0.1, 0.15) is 48.1 Å². The van der Waals surface area contributed by atoms with Gasteiger partial charge in [-0.2, -0.15) is 0 Å². The summed E-state index contributed by atoms with van der Waals surface area (Å²) in [5.74, 6) is -5.50. The van der Waals surface area contributed by atoms with Gasteiger partial charge in [-0.25, -0.2) is 0 Å². The molecule has 18 heteroatoms. The molecular weight excluding hydrogens is 1290 g/mol. The monoisotopic (exact) mass is 1380 g/mol. The highest BCUT2D eigenvalue weighted by atomic mass is 16.7. The van der Waals surface area contributed by atoms with E-state index in [1.165, 1.54) is 33.4 Å². The van der Waals surface area contributed by atoms with Crippen LogP contribution < -0.4 is 30.9 Å². The van der Waals surface area contributed by atoms with Gasteiger partial charge < -0.3 is 89.9 Å². The summed E-state index contributed by atoms with van der Waals surface area (Å²) in [7, 11) is 0. The van der Waals surface area contributed by atoms with Crippen molar-refractivity contribution in [1.29, 1.82) is 0 Å². The summed E-state index contributed by atoms with van der Waals surface area (Å²) in [6, 6.07) is 62.1. The summed E-state index contributed by atoms with van der Waals surface area (Å²) < 4.78 is 23.9. The molecule has 8 bridgehead atoms. The Kier molecular flexibility index (Phi) is 21.7. The SMILES string of the molecule is CCCc1cc(CCC)cc(CCc2cccc(C3=c4ccc([nH]4)=C(c4cccc(OC5OC(CO)C(O)(O)C(O)C5O)c4)c4ccc([nH]4)C(c4cccc(CCc5cc(CCC)cc(CCC)c5)c4)=c4ccc([nH]4)=C(c4cccc(OC5OC(CO)C(O)(O)C(O)C5O)c4)c4ccc3[nH]4)c2)c1. The fraction of sp³-hybridized carbons (Fsp3) is 0.333. The molecule has 13 rings (SSSR count). The van der Waals surface area contributed by atoms with Crippen molar-refractivity contribution in [3.05, 3.63) is 293 Å². The maximum atomic E-state index is 11.2. The molecule has 18 nitrogen and oxygen atoms in total. The number of fused-ring (bicyclic) bond motifs is 8. The molecule has 0 amide bonds. The van der Waals surface area contributed by atoms with Gasteiger partial charge in [0.2, 0.25) is 24.2 Å². The summed E-state index contributed by atoms with van der Waals surface area (Å²) in [6.45, 7) is 7.10. The molecular formula is C84H92N4O14. The average Bonchev–Trinajstić information content (AvgIpc) is 1.49. The van der Waals surface area contributed by atoms with Crippen LogP contribution in [0.2, 0.25) is 0 Å². The lowest BCUT2D eigenvalue weighted by atomic mass is 9.95. The highest BCUT2D eigenvalue weighted by Gasteiger charge is 2.56. The van der Waals surface area contributed by atoms with E-state index in [4.69, 9.17) is 18.9 Å². The normalized spacial score (nSPS) is 21.0. The number of ether oxygens (including phenoxy) is 4. The molecule has 7 heterocycles. The van der Waals surface area contributed by atoms with Gasteiger partial charge in [-0.1, -0.05) is 163 Å². The standard InChI is InChI=1S/C84H92N4O14/c1-5-13-51-37-52(14-6-2)40-55(39-51)27-25-49-17-9-19-57(43-49)73-63-29-33-67(85-63)75(59-21-11-23-61(45-59)99-81-77(91)79(93)83(95,96)71(47-89)101-81)69-35-31-65(87-69)74(58-20-10-18-50(44-58)26-28-56-41-53(15-7-3)38-54(42-56)16-8-4)66-32-36-70(88-66)76(68-34-30-64(73)86-68)60-22-12-24-62(46-60)100-82-78(92)80(94)84(97,98)72(48-90)102-82/h9-12,17-24,29-46,71-72,77-82,85-98H,5-8,13-16,25-28,47-48H2,1-4H3. The summed E-state index contributed by atoms with van der Waals surface area (Å²) in [5.41, 5.74) is 19.7. The first-order valence-corrected chi connectivity index (χ1v) is 35.7. The zero-order valence-corrected chi connectivity index (χ0v) is 57.9. The number of nitrogens with one attached hydrogen (secondary N) is 4. The van der Waals surface area contributed by atoms with Gasteiger partial charge in [0.15, 0.2) is 0 Å².